The Bertz CT molecular complexity index is 1060. The largest absolute Gasteiger partial charge is 0.487 e. The predicted molar refractivity (Wildman–Crippen MR) is 147 cm³/mol. The van der Waals surface area contributed by atoms with E-state index in [2.05, 4.69) is 15.6 Å². The quantitative estimate of drug-likeness (QED) is 0.228. The molecule has 2 aromatic carbocycles. The summed E-state index contributed by atoms with van der Waals surface area (Å²) in [7, 11) is 3.50. The molecule has 0 bridgehead atoms. The number of rotatable bonds is 9. The smallest absolute Gasteiger partial charge is 0.253 e. The Balaban J connectivity index is 0.00000408. The lowest BCUT2D eigenvalue weighted by molar-refractivity contribution is 0.0827. The average Bonchev–Trinajstić information content (AvgIpc) is 2.85. The SMILES string of the molecule is CCNC(=NCc1cccc(OCc2ccccn2)c1)NCc1ccc(C(=O)N(C)C)cc1.I. The number of ether oxygens (including phenoxy) is 1. The first kappa shape index (κ1) is 27.1. The van der Waals surface area contributed by atoms with Crippen molar-refractivity contribution in [3.8, 4) is 5.75 Å². The van der Waals surface area contributed by atoms with Crippen molar-refractivity contribution in [1.29, 1.82) is 0 Å². The van der Waals surface area contributed by atoms with Gasteiger partial charge in [0.1, 0.15) is 12.4 Å². The summed E-state index contributed by atoms with van der Waals surface area (Å²) in [5, 5.41) is 6.61. The Morgan fingerprint density at radius 3 is 2.47 bits per heavy atom. The molecule has 180 valence electrons. The molecule has 0 atom stereocenters. The van der Waals surface area contributed by atoms with Crippen molar-refractivity contribution in [3.05, 3.63) is 95.3 Å². The molecule has 0 radical (unpaired) electrons. The van der Waals surface area contributed by atoms with E-state index in [1.807, 2.05) is 73.7 Å². The summed E-state index contributed by atoms with van der Waals surface area (Å²) in [6.07, 6.45) is 1.76. The second kappa shape index (κ2) is 14.2. The molecule has 7 nitrogen and oxygen atoms in total. The normalized spacial score (nSPS) is 10.7. The minimum atomic E-state index is -0.00403. The number of carbonyl (C=O) groups is 1. The number of guanidine groups is 1. The van der Waals surface area contributed by atoms with E-state index in [-0.39, 0.29) is 29.9 Å². The van der Waals surface area contributed by atoms with Crippen LogP contribution in [0.1, 0.15) is 34.1 Å². The summed E-state index contributed by atoms with van der Waals surface area (Å²) in [6.45, 7) is 4.35. The molecule has 2 N–H and O–H groups in total. The highest BCUT2D eigenvalue weighted by Gasteiger charge is 2.07. The van der Waals surface area contributed by atoms with E-state index in [0.29, 0.717) is 25.3 Å². The van der Waals surface area contributed by atoms with Crippen molar-refractivity contribution in [1.82, 2.24) is 20.5 Å². The number of pyridine rings is 1. The molecule has 8 heteroatoms. The standard InChI is InChI=1S/C26H31N5O2.HI/c1-4-27-26(29-17-20-11-13-22(14-12-20)25(32)31(2)3)30-18-21-8-7-10-24(16-21)33-19-23-9-5-6-15-28-23;/h5-16H,4,17-19H2,1-3H3,(H2,27,29,30);1H. The molecule has 0 spiro atoms. The van der Waals surface area contributed by atoms with Crippen LogP contribution >= 0.6 is 24.0 Å². The third-order valence-corrected chi connectivity index (χ3v) is 4.84. The van der Waals surface area contributed by atoms with Crippen LogP contribution in [-0.2, 0) is 19.7 Å². The Morgan fingerprint density at radius 1 is 1.00 bits per heavy atom. The molecular weight excluding hydrogens is 541 g/mol. The van der Waals surface area contributed by atoms with E-state index in [1.165, 1.54) is 0 Å². The summed E-state index contributed by atoms with van der Waals surface area (Å²) in [6, 6.07) is 21.3. The van der Waals surface area contributed by atoms with E-state index in [9.17, 15) is 4.79 Å². The van der Waals surface area contributed by atoms with Crippen molar-refractivity contribution < 1.29 is 9.53 Å². The van der Waals surface area contributed by atoms with Crippen molar-refractivity contribution >= 4 is 35.8 Å². The number of aliphatic imine (C=N–C) groups is 1. The van der Waals surface area contributed by atoms with Crippen molar-refractivity contribution in [2.75, 3.05) is 20.6 Å². The number of hydrogen-bond acceptors (Lipinski definition) is 4. The van der Waals surface area contributed by atoms with Gasteiger partial charge < -0.3 is 20.3 Å². The molecule has 1 amide bonds. The van der Waals surface area contributed by atoms with Crippen LogP contribution in [0.5, 0.6) is 5.75 Å². The van der Waals surface area contributed by atoms with Gasteiger partial charge in [-0.05, 0) is 54.4 Å². The fraction of sp³-hybridized carbons (Fsp3) is 0.269. The maximum Gasteiger partial charge on any atom is 0.253 e. The molecule has 0 aliphatic carbocycles. The zero-order valence-corrected chi connectivity index (χ0v) is 22.2. The van der Waals surface area contributed by atoms with Gasteiger partial charge in [0, 0.05) is 38.9 Å². The summed E-state index contributed by atoms with van der Waals surface area (Å²) >= 11 is 0. The average molecular weight is 573 g/mol. The van der Waals surface area contributed by atoms with Gasteiger partial charge in [0.2, 0.25) is 0 Å². The van der Waals surface area contributed by atoms with Gasteiger partial charge in [-0.15, -0.1) is 24.0 Å². The van der Waals surface area contributed by atoms with E-state index >= 15 is 0 Å². The molecule has 1 heterocycles. The molecule has 0 fully saturated rings. The zero-order valence-electron chi connectivity index (χ0n) is 19.8. The molecule has 3 aromatic rings. The van der Waals surface area contributed by atoms with Crippen LogP contribution in [0.25, 0.3) is 0 Å². The van der Waals surface area contributed by atoms with Crippen LogP contribution in [0.2, 0.25) is 0 Å². The minimum absolute atomic E-state index is 0. The van der Waals surface area contributed by atoms with E-state index in [4.69, 9.17) is 9.73 Å². The zero-order chi connectivity index (χ0) is 23.5. The maximum atomic E-state index is 12.0. The fourth-order valence-corrected chi connectivity index (χ4v) is 3.10. The number of nitrogens with zero attached hydrogens (tertiary/aromatic N) is 3. The highest BCUT2D eigenvalue weighted by Crippen LogP contribution is 2.15. The molecule has 3 rings (SSSR count). The summed E-state index contributed by atoms with van der Waals surface area (Å²) in [5.74, 6) is 1.51. The summed E-state index contributed by atoms with van der Waals surface area (Å²) in [5.41, 5.74) is 3.69. The Morgan fingerprint density at radius 2 is 1.79 bits per heavy atom. The first-order chi connectivity index (χ1) is 16.0. The second-order valence-corrected chi connectivity index (χ2v) is 7.70. The van der Waals surface area contributed by atoms with Crippen molar-refractivity contribution in [2.45, 2.75) is 26.6 Å². The third-order valence-electron chi connectivity index (χ3n) is 4.84. The summed E-state index contributed by atoms with van der Waals surface area (Å²) in [4.78, 5) is 22.6. The van der Waals surface area contributed by atoms with Crippen molar-refractivity contribution in [3.63, 3.8) is 0 Å². The van der Waals surface area contributed by atoms with Crippen LogP contribution in [-0.4, -0.2) is 42.4 Å². The second-order valence-electron chi connectivity index (χ2n) is 7.70. The van der Waals surface area contributed by atoms with Crippen molar-refractivity contribution in [2.24, 2.45) is 4.99 Å². The number of benzene rings is 2. The van der Waals surface area contributed by atoms with Gasteiger partial charge in [-0.1, -0.05) is 30.3 Å². The molecule has 0 saturated heterocycles. The molecule has 34 heavy (non-hydrogen) atoms. The Kier molecular flexibility index (Phi) is 11.3. The molecule has 0 saturated carbocycles. The van der Waals surface area contributed by atoms with E-state index in [1.54, 1.807) is 25.2 Å². The Hall–Kier alpha value is -3.14. The number of hydrogen-bond donors (Lipinski definition) is 2. The number of aromatic nitrogens is 1. The van der Waals surface area contributed by atoms with Gasteiger partial charge in [0.25, 0.3) is 5.91 Å². The van der Waals surface area contributed by atoms with Crippen LogP contribution in [0.3, 0.4) is 0 Å². The molecule has 0 aliphatic rings. The number of halogens is 1. The molecule has 0 aliphatic heterocycles. The lowest BCUT2D eigenvalue weighted by Crippen LogP contribution is -2.36. The molecular formula is C26H32IN5O2. The number of amides is 1. The van der Waals surface area contributed by atoms with Gasteiger partial charge in [-0.2, -0.15) is 0 Å². The highest BCUT2D eigenvalue weighted by molar-refractivity contribution is 14.0. The number of carbonyl (C=O) groups excluding carboxylic acids is 1. The van der Waals surface area contributed by atoms with Crippen LogP contribution in [0.4, 0.5) is 0 Å². The van der Waals surface area contributed by atoms with Gasteiger partial charge >= 0.3 is 0 Å². The minimum Gasteiger partial charge on any atom is -0.487 e. The first-order valence-corrected chi connectivity index (χ1v) is 11.0. The van der Waals surface area contributed by atoms with Crippen LogP contribution in [0, 0.1) is 0 Å². The molecule has 0 unspecified atom stereocenters. The van der Waals surface area contributed by atoms with E-state index in [0.717, 1.165) is 35.1 Å². The van der Waals surface area contributed by atoms with E-state index < -0.39 is 0 Å². The lowest BCUT2D eigenvalue weighted by Gasteiger charge is -2.13. The lowest BCUT2D eigenvalue weighted by atomic mass is 10.1. The molecule has 1 aromatic heterocycles. The highest BCUT2D eigenvalue weighted by atomic mass is 127. The number of nitrogens with one attached hydrogen (secondary N) is 2. The van der Waals surface area contributed by atoms with Gasteiger partial charge in [0.05, 0.1) is 12.2 Å². The van der Waals surface area contributed by atoms with Gasteiger partial charge in [-0.3, -0.25) is 9.78 Å². The predicted octanol–water partition coefficient (Wildman–Crippen LogP) is 4.24. The van der Waals surface area contributed by atoms with Gasteiger partial charge in [0.15, 0.2) is 5.96 Å². The van der Waals surface area contributed by atoms with Crippen LogP contribution < -0.4 is 15.4 Å². The topological polar surface area (TPSA) is 78.9 Å². The fourth-order valence-electron chi connectivity index (χ4n) is 3.10. The Labute approximate surface area is 218 Å². The third kappa shape index (κ3) is 8.66. The maximum absolute atomic E-state index is 12.0. The van der Waals surface area contributed by atoms with Gasteiger partial charge in [-0.25, -0.2) is 4.99 Å². The summed E-state index contributed by atoms with van der Waals surface area (Å²) < 4.78 is 5.86. The van der Waals surface area contributed by atoms with Crippen LogP contribution in [0.15, 0.2) is 77.9 Å². The monoisotopic (exact) mass is 573 g/mol. The first-order valence-electron chi connectivity index (χ1n) is 11.0.